The number of ether oxygens (including phenoxy) is 3. The van der Waals surface area contributed by atoms with Crippen LogP contribution in [0.25, 0.3) is 5.69 Å². The van der Waals surface area contributed by atoms with Crippen molar-refractivity contribution in [3.63, 3.8) is 0 Å². The second kappa shape index (κ2) is 11.7. The molecular formula is C33H30N4O3S. The van der Waals surface area contributed by atoms with E-state index in [1.807, 2.05) is 92.0 Å². The van der Waals surface area contributed by atoms with Crippen molar-refractivity contribution in [3.05, 3.63) is 127 Å². The molecule has 1 aliphatic heterocycles. The predicted octanol–water partition coefficient (Wildman–Crippen LogP) is 7.25. The summed E-state index contributed by atoms with van der Waals surface area (Å²) in [7, 11) is 1.65. The van der Waals surface area contributed by atoms with Crippen molar-refractivity contribution in [1.29, 1.82) is 0 Å². The molecule has 1 N–H and O–H groups in total. The van der Waals surface area contributed by atoms with Gasteiger partial charge in [-0.1, -0.05) is 6.07 Å². The number of hydrogen-bond donors (Lipinski definition) is 1. The largest absolute Gasteiger partial charge is 0.497 e. The number of nitrogens with zero attached hydrogens (tertiary/aromatic N) is 3. The van der Waals surface area contributed by atoms with Gasteiger partial charge in [0.1, 0.15) is 29.0 Å². The molecule has 1 saturated heterocycles. The molecule has 5 aromatic rings. The number of anilines is 1. The summed E-state index contributed by atoms with van der Waals surface area (Å²) in [6, 6.07) is 33.5. The Morgan fingerprint density at radius 2 is 1.44 bits per heavy atom. The zero-order valence-corrected chi connectivity index (χ0v) is 23.6. The van der Waals surface area contributed by atoms with Crippen LogP contribution in [0.5, 0.6) is 23.0 Å². The third kappa shape index (κ3) is 5.47. The number of rotatable bonds is 9. The highest BCUT2D eigenvalue weighted by atomic mass is 32.1. The van der Waals surface area contributed by atoms with Gasteiger partial charge < -0.3 is 29.0 Å². The van der Waals surface area contributed by atoms with E-state index >= 15 is 0 Å². The van der Waals surface area contributed by atoms with Crippen LogP contribution in [0.15, 0.2) is 116 Å². The standard InChI is InChI=1S/C33H30N4O3S/c1-3-39-26-13-9-23(10-14-26)36-22-6-8-30(36)32-31(29-7-4-5-21-34-29)35-33(41)37(32)24-11-15-27(16-12-24)40-28-19-17-25(38-2)18-20-28/h4-22,31-32H,3H2,1-2H3,(H,35,41)/t31-,32-/m1/s1. The van der Waals surface area contributed by atoms with E-state index in [-0.39, 0.29) is 12.1 Å². The highest BCUT2D eigenvalue weighted by Crippen LogP contribution is 2.42. The van der Waals surface area contributed by atoms with Gasteiger partial charge in [0, 0.05) is 29.5 Å². The van der Waals surface area contributed by atoms with E-state index in [4.69, 9.17) is 26.4 Å². The van der Waals surface area contributed by atoms with E-state index < -0.39 is 0 Å². The van der Waals surface area contributed by atoms with Crippen LogP contribution >= 0.6 is 12.2 Å². The highest BCUT2D eigenvalue weighted by Gasteiger charge is 2.42. The van der Waals surface area contributed by atoms with Crippen molar-refractivity contribution in [3.8, 4) is 28.7 Å². The molecule has 0 amide bonds. The van der Waals surface area contributed by atoms with Gasteiger partial charge >= 0.3 is 0 Å². The van der Waals surface area contributed by atoms with E-state index in [0.29, 0.717) is 11.7 Å². The predicted molar refractivity (Wildman–Crippen MR) is 164 cm³/mol. The monoisotopic (exact) mass is 562 g/mol. The van der Waals surface area contributed by atoms with Crippen LogP contribution in [-0.4, -0.2) is 28.4 Å². The number of aromatic nitrogens is 2. The average molecular weight is 563 g/mol. The second-order valence-electron chi connectivity index (χ2n) is 9.50. The van der Waals surface area contributed by atoms with Crippen LogP contribution in [0.2, 0.25) is 0 Å². The smallest absolute Gasteiger partial charge is 0.174 e. The molecule has 2 atom stereocenters. The maximum Gasteiger partial charge on any atom is 0.174 e. The molecule has 0 radical (unpaired) electrons. The van der Waals surface area contributed by atoms with E-state index in [0.717, 1.165) is 45.8 Å². The molecule has 3 aromatic carbocycles. The van der Waals surface area contributed by atoms with Crippen molar-refractivity contribution < 1.29 is 14.2 Å². The fourth-order valence-electron chi connectivity index (χ4n) is 5.13. The molecule has 0 aliphatic carbocycles. The molecule has 0 unspecified atom stereocenters. The van der Waals surface area contributed by atoms with E-state index in [9.17, 15) is 0 Å². The number of methoxy groups -OCH3 is 1. The Bertz CT molecular complexity index is 1600. The lowest BCUT2D eigenvalue weighted by molar-refractivity contribution is 0.340. The number of pyridine rings is 1. The first-order valence-corrected chi connectivity index (χ1v) is 13.9. The molecule has 0 spiro atoms. The van der Waals surface area contributed by atoms with Crippen molar-refractivity contribution in [2.45, 2.75) is 19.0 Å². The quantitative estimate of drug-likeness (QED) is 0.190. The summed E-state index contributed by atoms with van der Waals surface area (Å²) in [5.74, 6) is 3.09. The summed E-state index contributed by atoms with van der Waals surface area (Å²) < 4.78 is 19.2. The van der Waals surface area contributed by atoms with Crippen LogP contribution in [0, 0.1) is 0 Å². The van der Waals surface area contributed by atoms with Crippen LogP contribution in [0.4, 0.5) is 5.69 Å². The maximum absolute atomic E-state index is 6.07. The molecule has 2 aromatic heterocycles. The van der Waals surface area contributed by atoms with Gasteiger partial charge in [-0.2, -0.15) is 0 Å². The SMILES string of the molecule is CCOc1ccc(-n2cccc2[C@@H]2[C@@H](c3ccccn3)NC(=S)N2c2ccc(Oc3ccc(OC)cc3)cc2)cc1. The molecule has 0 saturated carbocycles. The Morgan fingerprint density at radius 1 is 0.780 bits per heavy atom. The van der Waals surface area contributed by atoms with Crippen LogP contribution < -0.4 is 24.4 Å². The van der Waals surface area contributed by atoms with Crippen molar-refractivity contribution in [2.75, 3.05) is 18.6 Å². The lowest BCUT2D eigenvalue weighted by atomic mass is 10.0. The zero-order valence-electron chi connectivity index (χ0n) is 22.8. The Balaban J connectivity index is 1.35. The number of thiocarbonyl (C=S) groups is 1. The summed E-state index contributed by atoms with van der Waals surface area (Å²) in [6.07, 6.45) is 3.89. The summed E-state index contributed by atoms with van der Waals surface area (Å²) in [5.41, 5.74) is 3.98. The van der Waals surface area contributed by atoms with Gasteiger partial charge in [-0.05, 0) is 116 Å². The third-order valence-corrected chi connectivity index (χ3v) is 7.33. The van der Waals surface area contributed by atoms with Gasteiger partial charge in [0.05, 0.1) is 25.5 Å². The molecule has 206 valence electrons. The van der Waals surface area contributed by atoms with Gasteiger partial charge in [-0.3, -0.25) is 4.98 Å². The van der Waals surface area contributed by atoms with Gasteiger partial charge in [0.25, 0.3) is 0 Å². The molecule has 6 rings (SSSR count). The summed E-state index contributed by atoms with van der Waals surface area (Å²) >= 11 is 5.94. The minimum Gasteiger partial charge on any atom is -0.497 e. The zero-order chi connectivity index (χ0) is 28.2. The van der Waals surface area contributed by atoms with E-state index in [1.54, 1.807) is 7.11 Å². The average Bonchev–Trinajstić information content (AvgIpc) is 3.63. The molecule has 0 bridgehead atoms. The first kappa shape index (κ1) is 26.4. The van der Waals surface area contributed by atoms with Crippen molar-refractivity contribution >= 4 is 23.0 Å². The summed E-state index contributed by atoms with van der Waals surface area (Å²) in [6.45, 7) is 2.61. The Hall–Kier alpha value is -4.82. The fourth-order valence-corrected chi connectivity index (χ4v) is 5.47. The van der Waals surface area contributed by atoms with Crippen LogP contribution in [-0.2, 0) is 0 Å². The third-order valence-electron chi connectivity index (χ3n) is 7.02. The Kier molecular flexibility index (Phi) is 7.56. The van der Waals surface area contributed by atoms with E-state index in [1.165, 1.54) is 0 Å². The Morgan fingerprint density at radius 3 is 2.10 bits per heavy atom. The molecule has 1 fully saturated rings. The first-order chi connectivity index (χ1) is 20.1. The normalized spacial score (nSPS) is 16.3. The fraction of sp³-hybridized carbons (Fsp3) is 0.152. The number of nitrogens with one attached hydrogen (secondary N) is 1. The minimum atomic E-state index is -0.160. The van der Waals surface area contributed by atoms with Gasteiger partial charge in [0.2, 0.25) is 0 Å². The van der Waals surface area contributed by atoms with Crippen LogP contribution in [0.1, 0.15) is 30.4 Å². The topological polar surface area (TPSA) is 60.8 Å². The molecule has 41 heavy (non-hydrogen) atoms. The molecule has 3 heterocycles. The maximum atomic E-state index is 6.07. The highest BCUT2D eigenvalue weighted by molar-refractivity contribution is 7.80. The van der Waals surface area contributed by atoms with Gasteiger partial charge in [0.15, 0.2) is 5.11 Å². The van der Waals surface area contributed by atoms with Crippen molar-refractivity contribution in [2.24, 2.45) is 0 Å². The molecule has 1 aliphatic rings. The van der Waals surface area contributed by atoms with Gasteiger partial charge in [-0.25, -0.2) is 0 Å². The minimum absolute atomic E-state index is 0.157. The van der Waals surface area contributed by atoms with Crippen molar-refractivity contribution in [1.82, 2.24) is 14.9 Å². The lowest BCUT2D eigenvalue weighted by Crippen LogP contribution is -2.30. The second-order valence-corrected chi connectivity index (χ2v) is 9.88. The molecule has 8 heteroatoms. The number of hydrogen-bond acceptors (Lipinski definition) is 5. The Labute approximate surface area is 244 Å². The summed E-state index contributed by atoms with van der Waals surface area (Å²) in [4.78, 5) is 6.85. The van der Waals surface area contributed by atoms with Gasteiger partial charge in [-0.15, -0.1) is 0 Å². The molecular weight excluding hydrogens is 532 g/mol. The first-order valence-electron chi connectivity index (χ1n) is 13.5. The summed E-state index contributed by atoms with van der Waals surface area (Å²) in [5, 5.41) is 4.18. The van der Waals surface area contributed by atoms with Crippen LogP contribution in [0.3, 0.4) is 0 Å². The number of benzene rings is 3. The lowest BCUT2D eigenvalue weighted by Gasteiger charge is -2.29. The molecule has 7 nitrogen and oxygen atoms in total. The van der Waals surface area contributed by atoms with E-state index in [2.05, 4.69) is 50.2 Å².